The smallest absolute Gasteiger partial charge is 0.237 e. The Morgan fingerprint density at radius 1 is 1.56 bits per heavy atom. The summed E-state index contributed by atoms with van der Waals surface area (Å²) in [5, 5.41) is 0. The van der Waals surface area contributed by atoms with Gasteiger partial charge in [-0.3, -0.25) is 14.3 Å². The van der Waals surface area contributed by atoms with Gasteiger partial charge in [0, 0.05) is 25.9 Å². The molecule has 1 rings (SSSR count). The van der Waals surface area contributed by atoms with Crippen molar-refractivity contribution in [2.75, 3.05) is 19.3 Å². The molecule has 1 unspecified atom stereocenters. The van der Waals surface area contributed by atoms with Crippen LogP contribution < -0.4 is 4.72 Å². The summed E-state index contributed by atoms with van der Waals surface area (Å²) in [4.78, 5) is 24.4. The molecule has 1 aliphatic heterocycles. The second-order valence-electron chi connectivity index (χ2n) is 3.87. The van der Waals surface area contributed by atoms with Crippen LogP contribution in [-0.4, -0.2) is 44.5 Å². The van der Waals surface area contributed by atoms with Gasteiger partial charge in [0.2, 0.25) is 21.8 Å². The highest BCUT2D eigenvalue weighted by molar-refractivity contribution is 7.90. The van der Waals surface area contributed by atoms with Crippen molar-refractivity contribution < 1.29 is 18.0 Å². The number of nitrogens with one attached hydrogen (secondary N) is 1. The molecule has 1 heterocycles. The second-order valence-corrected chi connectivity index (χ2v) is 5.89. The minimum absolute atomic E-state index is 0.0849. The zero-order chi connectivity index (χ0) is 12.3. The molecule has 0 aliphatic carbocycles. The van der Waals surface area contributed by atoms with Gasteiger partial charge >= 0.3 is 0 Å². The summed E-state index contributed by atoms with van der Waals surface area (Å²) in [6.45, 7) is 1.94. The molecular formula is C9H16N2O4S. The first kappa shape index (κ1) is 13.0. The van der Waals surface area contributed by atoms with Gasteiger partial charge < -0.3 is 4.90 Å². The summed E-state index contributed by atoms with van der Waals surface area (Å²) in [7, 11) is -1.86. The fourth-order valence-corrected chi connectivity index (χ4v) is 2.09. The maximum atomic E-state index is 11.6. The number of nitrogens with zero attached hydrogens (tertiary/aromatic N) is 1. The van der Waals surface area contributed by atoms with Gasteiger partial charge in [-0.05, 0) is 13.3 Å². The minimum atomic E-state index is -3.52. The van der Waals surface area contributed by atoms with Crippen molar-refractivity contribution in [2.24, 2.45) is 5.92 Å². The number of carbonyl (C=O) groups excluding carboxylic acids is 2. The van der Waals surface area contributed by atoms with E-state index < -0.39 is 21.8 Å². The number of rotatable bonds is 3. The van der Waals surface area contributed by atoms with Crippen molar-refractivity contribution >= 4 is 21.8 Å². The standard InChI is InChI=1S/C9H16N2O4S/c1-3-16(14,15)10-9(13)7-4-5-11(2)8(12)6-7/h7H,3-6H2,1-2H3,(H,10,13). The van der Waals surface area contributed by atoms with Crippen LogP contribution in [0.3, 0.4) is 0 Å². The van der Waals surface area contributed by atoms with Crippen LogP contribution in [0.4, 0.5) is 0 Å². The Morgan fingerprint density at radius 3 is 2.69 bits per heavy atom. The highest BCUT2D eigenvalue weighted by atomic mass is 32.2. The molecule has 2 amide bonds. The van der Waals surface area contributed by atoms with Crippen LogP contribution in [0.15, 0.2) is 0 Å². The SMILES string of the molecule is CCS(=O)(=O)NC(=O)C1CCN(C)C(=O)C1. The number of carbonyl (C=O) groups is 2. The molecule has 16 heavy (non-hydrogen) atoms. The van der Waals surface area contributed by atoms with Crippen LogP contribution in [0.1, 0.15) is 19.8 Å². The molecule has 0 bridgehead atoms. The number of likely N-dealkylation sites (tertiary alicyclic amines) is 1. The van der Waals surface area contributed by atoms with Crippen molar-refractivity contribution in [3.63, 3.8) is 0 Å². The lowest BCUT2D eigenvalue weighted by Gasteiger charge is -2.27. The molecule has 0 radical (unpaired) electrons. The third-order valence-electron chi connectivity index (χ3n) is 2.67. The van der Waals surface area contributed by atoms with Crippen LogP contribution in [0.5, 0.6) is 0 Å². The molecule has 0 aromatic carbocycles. The van der Waals surface area contributed by atoms with Crippen molar-refractivity contribution in [3.05, 3.63) is 0 Å². The van der Waals surface area contributed by atoms with E-state index in [-0.39, 0.29) is 18.1 Å². The van der Waals surface area contributed by atoms with E-state index in [0.29, 0.717) is 13.0 Å². The maximum Gasteiger partial charge on any atom is 0.237 e. The second kappa shape index (κ2) is 4.82. The van der Waals surface area contributed by atoms with Crippen molar-refractivity contribution in [1.82, 2.24) is 9.62 Å². The summed E-state index contributed by atoms with van der Waals surface area (Å²) in [6.07, 6.45) is 0.592. The van der Waals surface area contributed by atoms with E-state index in [0.717, 1.165) is 0 Å². The van der Waals surface area contributed by atoms with Crippen LogP contribution in [0, 0.1) is 5.92 Å². The predicted molar refractivity (Wildman–Crippen MR) is 58.0 cm³/mol. The molecule has 1 N–H and O–H groups in total. The molecule has 1 aliphatic rings. The van der Waals surface area contributed by atoms with Crippen molar-refractivity contribution in [1.29, 1.82) is 0 Å². The number of piperidine rings is 1. The quantitative estimate of drug-likeness (QED) is 0.717. The zero-order valence-corrected chi connectivity index (χ0v) is 10.2. The number of hydrogen-bond acceptors (Lipinski definition) is 4. The van der Waals surface area contributed by atoms with Gasteiger partial charge in [-0.2, -0.15) is 0 Å². The molecule has 0 aromatic rings. The molecule has 92 valence electrons. The van der Waals surface area contributed by atoms with Crippen LogP contribution >= 0.6 is 0 Å². The van der Waals surface area contributed by atoms with Gasteiger partial charge in [-0.1, -0.05) is 0 Å². The summed E-state index contributed by atoms with van der Waals surface area (Å²) < 4.78 is 24.3. The lowest BCUT2D eigenvalue weighted by Crippen LogP contribution is -2.43. The summed E-state index contributed by atoms with van der Waals surface area (Å²) in [5.41, 5.74) is 0. The molecule has 1 fully saturated rings. The predicted octanol–water partition coefficient (Wildman–Crippen LogP) is -0.679. The van der Waals surface area contributed by atoms with Gasteiger partial charge in [-0.15, -0.1) is 0 Å². The molecule has 1 atom stereocenters. The van der Waals surface area contributed by atoms with Crippen LogP contribution in [0.2, 0.25) is 0 Å². The van der Waals surface area contributed by atoms with E-state index in [1.54, 1.807) is 7.05 Å². The van der Waals surface area contributed by atoms with E-state index in [1.807, 2.05) is 4.72 Å². The highest BCUT2D eigenvalue weighted by Crippen LogP contribution is 2.17. The monoisotopic (exact) mass is 248 g/mol. The summed E-state index contributed by atoms with van der Waals surface area (Å²) >= 11 is 0. The van der Waals surface area contributed by atoms with Crippen molar-refractivity contribution in [3.8, 4) is 0 Å². The average Bonchev–Trinajstić information content (AvgIpc) is 2.21. The fraction of sp³-hybridized carbons (Fsp3) is 0.778. The number of amides is 2. The first-order valence-corrected chi connectivity index (χ1v) is 6.79. The van der Waals surface area contributed by atoms with Crippen LogP contribution in [0.25, 0.3) is 0 Å². The lowest BCUT2D eigenvalue weighted by atomic mass is 9.96. The molecule has 0 aromatic heterocycles. The summed E-state index contributed by atoms with van der Waals surface area (Å²) in [6, 6.07) is 0. The van der Waals surface area contributed by atoms with Gasteiger partial charge in [0.25, 0.3) is 0 Å². The Kier molecular flexibility index (Phi) is 3.90. The Morgan fingerprint density at radius 2 is 2.19 bits per heavy atom. The molecule has 0 saturated carbocycles. The largest absolute Gasteiger partial charge is 0.346 e. The van der Waals surface area contributed by atoms with Crippen LogP contribution in [-0.2, 0) is 19.6 Å². The third-order valence-corrected chi connectivity index (χ3v) is 3.94. The van der Waals surface area contributed by atoms with E-state index in [1.165, 1.54) is 11.8 Å². The van der Waals surface area contributed by atoms with E-state index in [4.69, 9.17) is 0 Å². The number of sulfonamides is 1. The molecular weight excluding hydrogens is 232 g/mol. The van der Waals surface area contributed by atoms with E-state index in [2.05, 4.69) is 0 Å². The zero-order valence-electron chi connectivity index (χ0n) is 9.39. The maximum absolute atomic E-state index is 11.6. The van der Waals surface area contributed by atoms with Gasteiger partial charge in [0.15, 0.2) is 0 Å². The normalized spacial score (nSPS) is 22.0. The third kappa shape index (κ3) is 3.19. The Labute approximate surface area is 95.0 Å². The van der Waals surface area contributed by atoms with Gasteiger partial charge in [-0.25, -0.2) is 8.42 Å². The van der Waals surface area contributed by atoms with E-state index in [9.17, 15) is 18.0 Å². The first-order valence-electron chi connectivity index (χ1n) is 5.14. The lowest BCUT2D eigenvalue weighted by molar-refractivity contribution is -0.138. The number of hydrogen-bond donors (Lipinski definition) is 1. The summed E-state index contributed by atoms with van der Waals surface area (Å²) in [5.74, 6) is -1.35. The first-order chi connectivity index (χ1) is 7.35. The topological polar surface area (TPSA) is 83.6 Å². The average molecular weight is 248 g/mol. The Balaban J connectivity index is 2.60. The molecule has 1 saturated heterocycles. The Bertz CT molecular complexity index is 390. The molecule has 0 spiro atoms. The fourth-order valence-electron chi connectivity index (χ4n) is 1.48. The molecule has 6 nitrogen and oxygen atoms in total. The van der Waals surface area contributed by atoms with E-state index >= 15 is 0 Å². The highest BCUT2D eigenvalue weighted by Gasteiger charge is 2.30. The van der Waals surface area contributed by atoms with Crippen molar-refractivity contribution in [2.45, 2.75) is 19.8 Å². The van der Waals surface area contributed by atoms with Gasteiger partial charge in [0.05, 0.1) is 5.75 Å². The van der Waals surface area contributed by atoms with Gasteiger partial charge in [0.1, 0.15) is 0 Å². The Hall–Kier alpha value is -1.11. The molecule has 7 heteroatoms. The minimum Gasteiger partial charge on any atom is -0.346 e.